The third-order valence-electron chi connectivity index (χ3n) is 3.62. The van der Waals surface area contributed by atoms with E-state index >= 15 is 0 Å². The van der Waals surface area contributed by atoms with Gasteiger partial charge in [-0.2, -0.15) is 0 Å². The van der Waals surface area contributed by atoms with Gasteiger partial charge in [-0.3, -0.25) is 5.84 Å². The van der Waals surface area contributed by atoms with Crippen LogP contribution in [0.15, 0.2) is 36.4 Å². The lowest BCUT2D eigenvalue weighted by Gasteiger charge is -2.23. The average molecular weight is 294 g/mol. The van der Waals surface area contributed by atoms with E-state index in [1.807, 2.05) is 18.2 Å². The smallest absolute Gasteiger partial charge is 0.194 e. The molecule has 2 aromatic carbocycles. The first kappa shape index (κ1) is 13.9. The molecule has 0 saturated carbocycles. The van der Waals surface area contributed by atoms with Crippen molar-refractivity contribution in [3.8, 4) is 5.75 Å². The number of para-hydroxylation sites is 1. The molecule has 0 fully saturated rings. The van der Waals surface area contributed by atoms with Gasteiger partial charge in [0.05, 0.1) is 6.04 Å². The van der Waals surface area contributed by atoms with E-state index in [0.717, 1.165) is 11.6 Å². The van der Waals surface area contributed by atoms with Crippen molar-refractivity contribution < 1.29 is 17.9 Å². The number of hydrazine groups is 1. The lowest BCUT2D eigenvalue weighted by molar-refractivity contribution is 0.176. The van der Waals surface area contributed by atoms with Crippen molar-refractivity contribution in [3.63, 3.8) is 0 Å². The Kier molecular flexibility index (Phi) is 3.57. The normalized spacial score (nSPS) is 18.2. The zero-order valence-corrected chi connectivity index (χ0v) is 10.9. The fraction of sp³-hybridized carbons (Fsp3) is 0.200. The van der Waals surface area contributed by atoms with Gasteiger partial charge in [-0.25, -0.2) is 18.6 Å². The van der Waals surface area contributed by atoms with Gasteiger partial charge in [-0.15, -0.1) is 0 Å². The minimum Gasteiger partial charge on any atom is -0.488 e. The van der Waals surface area contributed by atoms with Gasteiger partial charge in [-0.1, -0.05) is 24.3 Å². The minimum absolute atomic E-state index is 0.0609. The second-order valence-electron chi connectivity index (χ2n) is 4.88. The summed E-state index contributed by atoms with van der Waals surface area (Å²) in [5.41, 5.74) is 3.33. The number of halogens is 3. The molecule has 2 aromatic rings. The largest absolute Gasteiger partial charge is 0.488 e. The zero-order valence-electron chi connectivity index (χ0n) is 10.9. The quantitative estimate of drug-likeness (QED) is 0.520. The molecular formula is C15H13F3N2O. The number of nitrogens with one attached hydrogen (secondary N) is 1. The van der Waals surface area contributed by atoms with Crippen LogP contribution in [-0.2, 0) is 6.42 Å². The fourth-order valence-corrected chi connectivity index (χ4v) is 2.57. The van der Waals surface area contributed by atoms with E-state index in [1.165, 1.54) is 6.07 Å². The second kappa shape index (κ2) is 5.38. The van der Waals surface area contributed by atoms with Crippen molar-refractivity contribution in [1.82, 2.24) is 5.43 Å². The number of rotatable bonds is 3. The topological polar surface area (TPSA) is 47.3 Å². The van der Waals surface area contributed by atoms with Gasteiger partial charge in [-0.05, 0) is 17.7 Å². The molecule has 3 rings (SSSR count). The van der Waals surface area contributed by atoms with Gasteiger partial charge >= 0.3 is 0 Å². The minimum atomic E-state index is -1.51. The van der Waals surface area contributed by atoms with Crippen LogP contribution in [0.5, 0.6) is 5.75 Å². The van der Waals surface area contributed by atoms with Gasteiger partial charge in [0.15, 0.2) is 17.5 Å². The number of nitrogens with two attached hydrogens (primary N) is 1. The monoisotopic (exact) mass is 294 g/mol. The number of fused-ring (bicyclic) bond motifs is 1. The first-order valence-corrected chi connectivity index (χ1v) is 6.46. The van der Waals surface area contributed by atoms with E-state index in [9.17, 15) is 13.2 Å². The van der Waals surface area contributed by atoms with Crippen LogP contribution in [-0.4, -0.2) is 6.10 Å². The van der Waals surface area contributed by atoms with Crippen molar-refractivity contribution in [2.45, 2.75) is 18.6 Å². The summed E-state index contributed by atoms with van der Waals surface area (Å²) in [6.07, 6.45) is 0.00971. The Bertz CT molecular complexity index is 653. The molecule has 0 saturated heterocycles. The molecule has 0 aliphatic carbocycles. The maximum absolute atomic E-state index is 13.9. The van der Waals surface area contributed by atoms with Crippen molar-refractivity contribution in [2.24, 2.45) is 5.84 Å². The SMILES string of the molecule is NNC(c1ccc(F)c(F)c1F)C1Cc2ccccc2O1. The van der Waals surface area contributed by atoms with Gasteiger partial charge < -0.3 is 4.74 Å². The third-order valence-corrected chi connectivity index (χ3v) is 3.62. The number of hydrogen-bond donors (Lipinski definition) is 2. The first-order valence-electron chi connectivity index (χ1n) is 6.46. The molecule has 2 unspecified atom stereocenters. The Hall–Kier alpha value is -2.05. The third kappa shape index (κ3) is 2.36. The number of ether oxygens (including phenoxy) is 1. The van der Waals surface area contributed by atoms with Crippen LogP contribution in [0.25, 0.3) is 0 Å². The predicted molar refractivity (Wildman–Crippen MR) is 70.9 cm³/mol. The molecule has 1 heterocycles. The van der Waals surface area contributed by atoms with Crippen LogP contribution in [0.2, 0.25) is 0 Å². The maximum atomic E-state index is 13.9. The fourth-order valence-electron chi connectivity index (χ4n) is 2.57. The summed E-state index contributed by atoms with van der Waals surface area (Å²) in [5, 5.41) is 0. The lowest BCUT2D eigenvalue weighted by Crippen LogP contribution is -2.39. The Morgan fingerprint density at radius 2 is 1.86 bits per heavy atom. The van der Waals surface area contributed by atoms with Crippen molar-refractivity contribution in [3.05, 3.63) is 65.0 Å². The van der Waals surface area contributed by atoms with Crippen LogP contribution in [0, 0.1) is 17.5 Å². The van der Waals surface area contributed by atoms with E-state index < -0.39 is 29.6 Å². The standard InChI is InChI=1S/C15H13F3N2O/c16-10-6-5-9(13(17)14(10)18)15(20-19)12-7-8-3-1-2-4-11(8)21-12/h1-6,12,15,20H,7,19H2. The molecule has 0 bridgehead atoms. The van der Waals surface area contributed by atoms with Crippen LogP contribution in [0.3, 0.4) is 0 Å². The van der Waals surface area contributed by atoms with Crippen LogP contribution >= 0.6 is 0 Å². The molecule has 1 aliphatic heterocycles. The summed E-state index contributed by atoms with van der Waals surface area (Å²) in [5.74, 6) is 2.15. The van der Waals surface area contributed by atoms with Crippen molar-refractivity contribution in [1.29, 1.82) is 0 Å². The first-order chi connectivity index (χ1) is 10.1. The Labute approximate surface area is 119 Å². The van der Waals surface area contributed by atoms with E-state index in [1.54, 1.807) is 6.07 Å². The van der Waals surface area contributed by atoms with Gasteiger partial charge in [0.2, 0.25) is 0 Å². The highest BCUT2D eigenvalue weighted by Gasteiger charge is 2.33. The van der Waals surface area contributed by atoms with Crippen LogP contribution < -0.4 is 16.0 Å². The molecule has 0 aromatic heterocycles. The van der Waals surface area contributed by atoms with E-state index in [-0.39, 0.29) is 5.56 Å². The summed E-state index contributed by atoms with van der Waals surface area (Å²) in [4.78, 5) is 0. The summed E-state index contributed by atoms with van der Waals surface area (Å²) in [6, 6.07) is 8.64. The van der Waals surface area contributed by atoms with Crippen molar-refractivity contribution >= 4 is 0 Å². The molecule has 0 spiro atoms. The summed E-state index contributed by atoms with van der Waals surface area (Å²) >= 11 is 0. The molecule has 0 amide bonds. The molecule has 3 nitrogen and oxygen atoms in total. The van der Waals surface area contributed by atoms with Gasteiger partial charge in [0, 0.05) is 12.0 Å². The van der Waals surface area contributed by atoms with E-state index in [2.05, 4.69) is 5.43 Å². The number of benzene rings is 2. The molecule has 6 heteroatoms. The number of hydrogen-bond acceptors (Lipinski definition) is 3. The Balaban J connectivity index is 1.93. The zero-order chi connectivity index (χ0) is 15.0. The highest BCUT2D eigenvalue weighted by atomic mass is 19.2. The molecule has 3 N–H and O–H groups in total. The highest BCUT2D eigenvalue weighted by molar-refractivity contribution is 5.38. The van der Waals surface area contributed by atoms with Crippen molar-refractivity contribution in [2.75, 3.05) is 0 Å². The summed E-state index contributed by atoms with van der Waals surface area (Å²) < 4.78 is 46.0. The van der Waals surface area contributed by atoms with E-state index in [0.29, 0.717) is 12.2 Å². The van der Waals surface area contributed by atoms with Gasteiger partial charge in [0.1, 0.15) is 11.9 Å². The predicted octanol–water partition coefficient (Wildman–Crippen LogP) is 2.61. The molecule has 110 valence electrons. The summed E-state index contributed by atoms with van der Waals surface area (Å²) in [7, 11) is 0. The highest BCUT2D eigenvalue weighted by Crippen LogP contribution is 2.35. The summed E-state index contributed by atoms with van der Waals surface area (Å²) in [6.45, 7) is 0. The van der Waals surface area contributed by atoms with Gasteiger partial charge in [0.25, 0.3) is 0 Å². The van der Waals surface area contributed by atoms with Crippen LogP contribution in [0.4, 0.5) is 13.2 Å². The van der Waals surface area contributed by atoms with E-state index in [4.69, 9.17) is 10.6 Å². The second-order valence-corrected chi connectivity index (χ2v) is 4.88. The van der Waals surface area contributed by atoms with Crippen LogP contribution in [0.1, 0.15) is 17.2 Å². The molecule has 0 radical (unpaired) electrons. The molecule has 21 heavy (non-hydrogen) atoms. The maximum Gasteiger partial charge on any atom is 0.194 e. The molecule has 2 atom stereocenters. The molecular weight excluding hydrogens is 281 g/mol. The molecule has 1 aliphatic rings. The Morgan fingerprint density at radius 1 is 1.10 bits per heavy atom. The lowest BCUT2D eigenvalue weighted by atomic mass is 9.97. The Morgan fingerprint density at radius 3 is 2.57 bits per heavy atom. The average Bonchev–Trinajstić information content (AvgIpc) is 2.91.